The monoisotopic (exact) mass is 426 g/mol. The van der Waals surface area contributed by atoms with E-state index in [-0.39, 0.29) is 18.4 Å². The summed E-state index contributed by atoms with van der Waals surface area (Å²) < 4.78 is 24.4. The zero-order valence-corrected chi connectivity index (χ0v) is 17.2. The van der Waals surface area contributed by atoms with Crippen LogP contribution >= 0.6 is 0 Å². The summed E-state index contributed by atoms with van der Waals surface area (Å²) in [4.78, 5) is 14.8. The molecule has 0 bridgehead atoms. The zero-order valence-electron chi connectivity index (χ0n) is 17.2. The van der Waals surface area contributed by atoms with Gasteiger partial charge in [0.15, 0.2) is 12.5 Å². The number of nitrogens with zero attached hydrogens (tertiary/aromatic N) is 3. The SMILES string of the molecule is CC(=O)NC1C(N=[N+]=[N-])OC2COC(c3ccccc3)OC2C1OCC1C=CC=CC1. The van der Waals surface area contributed by atoms with Crippen LogP contribution in [0, 0.1) is 5.92 Å². The topological polar surface area (TPSA) is 115 Å². The molecule has 1 aromatic carbocycles. The largest absolute Gasteiger partial charge is 0.373 e. The van der Waals surface area contributed by atoms with Crippen LogP contribution in [0.3, 0.4) is 0 Å². The second-order valence-electron chi connectivity index (χ2n) is 7.78. The Morgan fingerprint density at radius 3 is 2.84 bits per heavy atom. The molecule has 1 aromatic rings. The minimum absolute atomic E-state index is 0.215. The van der Waals surface area contributed by atoms with Crippen LogP contribution in [0.5, 0.6) is 0 Å². The van der Waals surface area contributed by atoms with E-state index < -0.39 is 36.9 Å². The fourth-order valence-corrected chi connectivity index (χ4v) is 4.09. The van der Waals surface area contributed by atoms with E-state index in [1.54, 1.807) is 0 Å². The second-order valence-corrected chi connectivity index (χ2v) is 7.78. The van der Waals surface area contributed by atoms with Gasteiger partial charge < -0.3 is 24.3 Å². The lowest BCUT2D eigenvalue weighted by atomic mass is 9.94. The summed E-state index contributed by atoms with van der Waals surface area (Å²) in [6.45, 7) is 2.09. The lowest BCUT2D eigenvalue weighted by Crippen LogP contribution is -2.66. The molecule has 9 heteroatoms. The van der Waals surface area contributed by atoms with Gasteiger partial charge in [0, 0.05) is 23.3 Å². The fraction of sp³-hybridized carbons (Fsp3) is 0.500. The predicted molar refractivity (Wildman–Crippen MR) is 112 cm³/mol. The van der Waals surface area contributed by atoms with Crippen molar-refractivity contribution < 1.29 is 23.7 Å². The van der Waals surface area contributed by atoms with Gasteiger partial charge in [-0.2, -0.15) is 0 Å². The summed E-state index contributed by atoms with van der Waals surface area (Å²) in [5.74, 6) is -0.0575. The number of hydrogen-bond acceptors (Lipinski definition) is 6. The van der Waals surface area contributed by atoms with E-state index in [1.807, 2.05) is 42.5 Å². The lowest BCUT2D eigenvalue weighted by molar-refractivity contribution is -0.319. The van der Waals surface area contributed by atoms with E-state index in [9.17, 15) is 4.79 Å². The molecule has 1 amide bonds. The Morgan fingerprint density at radius 2 is 2.13 bits per heavy atom. The van der Waals surface area contributed by atoms with E-state index in [4.69, 9.17) is 24.5 Å². The standard InChI is InChI=1S/C22H26N4O5/c1-14(27)24-18-20(28-12-15-8-4-2-5-9-15)19-17(30-21(18)25-26-23)13-29-22(31-19)16-10-6-3-7-11-16/h2-8,10-11,15,17-22H,9,12-13H2,1H3,(H,24,27). The first-order valence-electron chi connectivity index (χ1n) is 10.4. The molecule has 1 N–H and O–H groups in total. The van der Waals surface area contributed by atoms with Crippen LogP contribution in [-0.4, -0.2) is 49.7 Å². The van der Waals surface area contributed by atoms with Gasteiger partial charge in [-0.25, -0.2) is 0 Å². The normalized spacial score (nSPS) is 34.4. The number of carbonyl (C=O) groups is 1. The average molecular weight is 426 g/mol. The molecular formula is C22H26N4O5. The zero-order chi connectivity index (χ0) is 21.6. The van der Waals surface area contributed by atoms with Gasteiger partial charge in [-0.1, -0.05) is 59.8 Å². The van der Waals surface area contributed by atoms with Crippen molar-refractivity contribution in [3.05, 3.63) is 70.6 Å². The van der Waals surface area contributed by atoms with Crippen molar-refractivity contribution in [1.29, 1.82) is 0 Å². The fourth-order valence-electron chi connectivity index (χ4n) is 4.09. The number of fused-ring (bicyclic) bond motifs is 1. The van der Waals surface area contributed by atoms with Crippen LogP contribution in [0.4, 0.5) is 0 Å². The number of benzene rings is 1. The van der Waals surface area contributed by atoms with Crippen LogP contribution in [0.1, 0.15) is 25.2 Å². The maximum absolute atomic E-state index is 11.9. The summed E-state index contributed by atoms with van der Waals surface area (Å²) >= 11 is 0. The minimum atomic E-state index is -0.928. The molecule has 3 aliphatic rings. The number of hydrogen-bond donors (Lipinski definition) is 1. The Balaban J connectivity index is 1.58. The molecule has 2 saturated heterocycles. The Kier molecular flexibility index (Phi) is 7.01. The van der Waals surface area contributed by atoms with Gasteiger partial charge in [0.05, 0.1) is 19.3 Å². The molecule has 164 valence electrons. The van der Waals surface area contributed by atoms with E-state index in [1.165, 1.54) is 6.92 Å². The Labute approximate surface area is 180 Å². The van der Waals surface area contributed by atoms with Crippen LogP contribution in [0.25, 0.3) is 10.4 Å². The number of ether oxygens (including phenoxy) is 4. The van der Waals surface area contributed by atoms with Crippen molar-refractivity contribution in [3.63, 3.8) is 0 Å². The van der Waals surface area contributed by atoms with Crippen LogP contribution in [0.2, 0.25) is 0 Å². The molecular weight excluding hydrogens is 400 g/mol. The number of carbonyl (C=O) groups excluding carboxylic acids is 1. The molecule has 0 aromatic heterocycles. The molecule has 2 aliphatic heterocycles. The highest BCUT2D eigenvalue weighted by Crippen LogP contribution is 2.36. The second kappa shape index (κ2) is 10.1. The molecule has 0 saturated carbocycles. The van der Waals surface area contributed by atoms with Crippen molar-refractivity contribution in [3.8, 4) is 0 Å². The lowest BCUT2D eigenvalue weighted by Gasteiger charge is -2.48. The van der Waals surface area contributed by atoms with Crippen molar-refractivity contribution >= 4 is 5.91 Å². The first kappa shape index (κ1) is 21.5. The molecule has 2 fully saturated rings. The summed E-state index contributed by atoms with van der Waals surface area (Å²) in [6.07, 6.45) is 5.96. The number of amides is 1. The van der Waals surface area contributed by atoms with Gasteiger partial charge >= 0.3 is 0 Å². The van der Waals surface area contributed by atoms with Crippen molar-refractivity contribution in [2.24, 2.45) is 11.0 Å². The third-order valence-corrected chi connectivity index (χ3v) is 5.54. The van der Waals surface area contributed by atoms with Crippen LogP contribution < -0.4 is 5.32 Å². The molecule has 7 unspecified atom stereocenters. The van der Waals surface area contributed by atoms with E-state index in [0.29, 0.717) is 6.61 Å². The Bertz CT molecular complexity index is 870. The number of allylic oxidation sites excluding steroid dienone is 3. The molecule has 0 radical (unpaired) electrons. The van der Waals surface area contributed by atoms with Gasteiger partial charge in [-0.05, 0) is 12.0 Å². The maximum atomic E-state index is 11.9. The third kappa shape index (κ3) is 5.15. The van der Waals surface area contributed by atoms with Crippen molar-refractivity contribution in [1.82, 2.24) is 5.32 Å². The summed E-state index contributed by atoms with van der Waals surface area (Å²) in [5.41, 5.74) is 9.91. The van der Waals surface area contributed by atoms with Gasteiger partial charge in [-0.15, -0.1) is 0 Å². The summed E-state index contributed by atoms with van der Waals surface area (Å²) in [6, 6.07) is 8.93. The van der Waals surface area contributed by atoms with Crippen molar-refractivity contribution in [2.45, 2.75) is 50.2 Å². The Morgan fingerprint density at radius 1 is 1.29 bits per heavy atom. The number of azide groups is 1. The summed E-state index contributed by atoms with van der Waals surface area (Å²) in [7, 11) is 0. The Hall–Kier alpha value is -2.68. The molecule has 0 spiro atoms. The highest BCUT2D eigenvalue weighted by Gasteiger charge is 2.50. The third-order valence-electron chi connectivity index (χ3n) is 5.54. The van der Waals surface area contributed by atoms with Gasteiger partial charge in [0.25, 0.3) is 0 Å². The highest BCUT2D eigenvalue weighted by molar-refractivity contribution is 5.73. The highest BCUT2D eigenvalue weighted by atomic mass is 16.7. The predicted octanol–water partition coefficient (Wildman–Crippen LogP) is 3.16. The molecule has 1 aliphatic carbocycles. The average Bonchev–Trinajstić information content (AvgIpc) is 2.79. The molecule has 9 nitrogen and oxygen atoms in total. The first-order valence-corrected chi connectivity index (χ1v) is 10.4. The summed E-state index contributed by atoms with van der Waals surface area (Å²) in [5, 5.41) is 6.59. The molecule has 2 heterocycles. The maximum Gasteiger partial charge on any atom is 0.217 e. The molecule has 31 heavy (non-hydrogen) atoms. The van der Waals surface area contributed by atoms with Crippen LogP contribution in [0.15, 0.2) is 59.8 Å². The van der Waals surface area contributed by atoms with Crippen LogP contribution in [-0.2, 0) is 23.7 Å². The smallest absolute Gasteiger partial charge is 0.217 e. The molecule has 7 atom stereocenters. The van der Waals surface area contributed by atoms with E-state index in [2.05, 4.69) is 27.5 Å². The van der Waals surface area contributed by atoms with Crippen molar-refractivity contribution in [2.75, 3.05) is 13.2 Å². The number of rotatable bonds is 6. The van der Waals surface area contributed by atoms with Gasteiger partial charge in [0.2, 0.25) is 5.91 Å². The minimum Gasteiger partial charge on any atom is -0.373 e. The molecule has 4 rings (SSSR count). The van der Waals surface area contributed by atoms with E-state index in [0.717, 1.165) is 12.0 Å². The van der Waals surface area contributed by atoms with Gasteiger partial charge in [-0.3, -0.25) is 4.79 Å². The number of nitrogens with one attached hydrogen (secondary N) is 1. The quantitative estimate of drug-likeness (QED) is 0.426. The van der Waals surface area contributed by atoms with E-state index >= 15 is 0 Å². The first-order chi connectivity index (χ1) is 15.2. The van der Waals surface area contributed by atoms with Gasteiger partial charge in [0.1, 0.15) is 18.3 Å².